The van der Waals surface area contributed by atoms with Crippen molar-refractivity contribution in [3.63, 3.8) is 0 Å². The zero-order valence-electron chi connectivity index (χ0n) is 16.7. The maximum absolute atomic E-state index is 6.41. The van der Waals surface area contributed by atoms with E-state index in [4.69, 9.17) is 16.3 Å². The second-order valence-corrected chi connectivity index (χ2v) is 8.97. The van der Waals surface area contributed by atoms with Gasteiger partial charge in [-0.05, 0) is 109 Å². The Morgan fingerprint density at radius 3 is 2.46 bits per heavy atom. The number of rotatable bonds is 8. The first-order valence-corrected chi connectivity index (χ1v) is 11.2. The van der Waals surface area contributed by atoms with Crippen molar-refractivity contribution in [1.82, 2.24) is 4.90 Å². The fraction of sp³-hybridized carbons (Fsp3) is 0.333. The van der Waals surface area contributed by atoms with Crippen LogP contribution in [0.5, 0.6) is 5.75 Å². The van der Waals surface area contributed by atoms with E-state index in [2.05, 4.69) is 90.1 Å². The summed E-state index contributed by atoms with van der Waals surface area (Å²) in [5, 5.41) is 3.32. The minimum absolute atomic E-state index is 0.343. The highest BCUT2D eigenvalue weighted by molar-refractivity contribution is 14.1. The first-order chi connectivity index (χ1) is 13.5. The number of benzene rings is 3. The molecule has 28 heavy (non-hydrogen) atoms. The molecule has 0 aromatic heterocycles. The third-order valence-corrected chi connectivity index (χ3v) is 6.04. The first kappa shape index (κ1) is 21.4. The van der Waals surface area contributed by atoms with Crippen molar-refractivity contribution < 1.29 is 4.74 Å². The van der Waals surface area contributed by atoms with Crippen LogP contribution in [0.2, 0.25) is 5.02 Å². The third-order valence-electron chi connectivity index (χ3n) is 5.07. The highest BCUT2D eigenvalue weighted by Gasteiger charge is 2.16. The van der Waals surface area contributed by atoms with Crippen molar-refractivity contribution in [2.45, 2.75) is 32.2 Å². The molecule has 2 nitrogen and oxygen atoms in total. The maximum Gasteiger partial charge on any atom is 0.137 e. The Kier molecular flexibility index (Phi) is 7.61. The van der Waals surface area contributed by atoms with Gasteiger partial charge in [-0.2, -0.15) is 0 Å². The van der Waals surface area contributed by atoms with Crippen LogP contribution in [0.4, 0.5) is 0 Å². The Morgan fingerprint density at radius 1 is 1.00 bits per heavy atom. The average molecular weight is 508 g/mol. The van der Waals surface area contributed by atoms with Gasteiger partial charge >= 0.3 is 0 Å². The molecule has 0 saturated carbocycles. The Morgan fingerprint density at radius 2 is 1.75 bits per heavy atom. The molecule has 3 aromatic carbocycles. The van der Waals surface area contributed by atoms with Crippen LogP contribution in [0.1, 0.15) is 36.9 Å². The molecule has 3 aromatic rings. The first-order valence-electron chi connectivity index (χ1n) is 9.75. The number of halogens is 2. The van der Waals surface area contributed by atoms with E-state index >= 15 is 0 Å². The number of hydrogen-bond acceptors (Lipinski definition) is 2. The van der Waals surface area contributed by atoms with Crippen LogP contribution >= 0.6 is 34.2 Å². The van der Waals surface area contributed by atoms with E-state index in [0.29, 0.717) is 17.7 Å². The molecule has 1 atom stereocenters. The van der Waals surface area contributed by atoms with Gasteiger partial charge in [0.05, 0.1) is 11.6 Å². The largest absolute Gasteiger partial charge is 0.492 e. The number of ether oxygens (including phenoxy) is 1. The highest BCUT2D eigenvalue weighted by Crippen LogP contribution is 2.32. The summed E-state index contributed by atoms with van der Waals surface area (Å²) in [7, 11) is 4.26. The van der Waals surface area contributed by atoms with Gasteiger partial charge in [0, 0.05) is 9.61 Å². The number of nitrogens with zero attached hydrogens (tertiary/aromatic N) is 1. The van der Waals surface area contributed by atoms with Crippen LogP contribution in [-0.4, -0.2) is 25.6 Å². The minimum atomic E-state index is 0.343. The Labute approximate surface area is 187 Å². The molecule has 1 unspecified atom stereocenters. The Hall–Kier alpha value is -1.30. The molecule has 0 aliphatic rings. The number of hydrogen-bond donors (Lipinski definition) is 0. The lowest BCUT2D eigenvalue weighted by Gasteiger charge is -2.25. The van der Waals surface area contributed by atoms with Gasteiger partial charge in [0.2, 0.25) is 0 Å². The van der Waals surface area contributed by atoms with E-state index in [0.717, 1.165) is 25.0 Å². The van der Waals surface area contributed by atoms with Crippen LogP contribution in [0.25, 0.3) is 10.8 Å². The second kappa shape index (κ2) is 9.95. The van der Waals surface area contributed by atoms with Gasteiger partial charge in [0.25, 0.3) is 0 Å². The summed E-state index contributed by atoms with van der Waals surface area (Å²) in [4.78, 5) is 2.27. The monoisotopic (exact) mass is 507 g/mol. The average Bonchev–Trinajstić information content (AvgIpc) is 2.67. The summed E-state index contributed by atoms with van der Waals surface area (Å²) in [6, 6.07) is 20.0. The van der Waals surface area contributed by atoms with Crippen LogP contribution in [0, 0.1) is 3.57 Å². The molecule has 0 amide bonds. The van der Waals surface area contributed by atoms with Gasteiger partial charge < -0.3 is 9.64 Å². The lowest BCUT2D eigenvalue weighted by atomic mass is 9.97. The molecule has 0 radical (unpaired) electrons. The molecule has 0 fully saturated rings. The fourth-order valence-electron chi connectivity index (χ4n) is 3.64. The molecular formula is C24H27ClINO. The van der Waals surface area contributed by atoms with E-state index < -0.39 is 0 Å². The number of fused-ring (bicyclic) bond motifs is 1. The Balaban J connectivity index is 1.67. The molecule has 0 saturated heterocycles. The zero-order valence-corrected chi connectivity index (χ0v) is 19.6. The van der Waals surface area contributed by atoms with E-state index in [9.17, 15) is 0 Å². The lowest BCUT2D eigenvalue weighted by molar-refractivity contribution is 0.279. The van der Waals surface area contributed by atoms with Gasteiger partial charge in [0.15, 0.2) is 0 Å². The predicted octanol–water partition coefficient (Wildman–Crippen LogP) is 7.12. The van der Waals surface area contributed by atoms with Crippen molar-refractivity contribution >= 4 is 45.0 Å². The summed E-state index contributed by atoms with van der Waals surface area (Å²) in [5.41, 5.74) is 2.64. The molecular weight excluding hydrogens is 481 g/mol. The van der Waals surface area contributed by atoms with Crippen LogP contribution in [0.3, 0.4) is 0 Å². The van der Waals surface area contributed by atoms with Crippen LogP contribution in [-0.2, 0) is 6.42 Å². The quantitative estimate of drug-likeness (QED) is 0.301. The van der Waals surface area contributed by atoms with E-state index in [1.54, 1.807) is 0 Å². The summed E-state index contributed by atoms with van der Waals surface area (Å²) >= 11 is 8.77. The van der Waals surface area contributed by atoms with Crippen molar-refractivity contribution in [2.75, 3.05) is 20.7 Å². The predicted molar refractivity (Wildman–Crippen MR) is 129 cm³/mol. The molecule has 0 aliphatic carbocycles. The van der Waals surface area contributed by atoms with Gasteiger partial charge in [-0.3, -0.25) is 0 Å². The molecule has 0 N–H and O–H groups in total. The summed E-state index contributed by atoms with van der Waals surface area (Å²) in [6.45, 7) is 2.60. The molecule has 3 rings (SSSR count). The topological polar surface area (TPSA) is 12.5 Å². The molecule has 0 bridgehead atoms. The van der Waals surface area contributed by atoms with Crippen molar-refractivity contribution in [1.29, 1.82) is 0 Å². The fourth-order valence-corrected chi connectivity index (χ4v) is 4.40. The summed E-state index contributed by atoms with van der Waals surface area (Å²) in [6.07, 6.45) is 3.29. The van der Waals surface area contributed by atoms with E-state index in [1.165, 1.54) is 25.5 Å². The third kappa shape index (κ3) is 5.40. The molecule has 4 heteroatoms. The maximum atomic E-state index is 6.41. The second-order valence-electron chi connectivity index (χ2n) is 7.32. The van der Waals surface area contributed by atoms with Crippen molar-refractivity contribution in [3.8, 4) is 5.75 Å². The zero-order chi connectivity index (χ0) is 20.1. The van der Waals surface area contributed by atoms with Crippen LogP contribution in [0.15, 0.2) is 54.6 Å². The van der Waals surface area contributed by atoms with Crippen molar-refractivity contribution in [2.24, 2.45) is 0 Å². The minimum Gasteiger partial charge on any atom is -0.492 e. The highest BCUT2D eigenvalue weighted by atomic mass is 127. The molecule has 148 valence electrons. The van der Waals surface area contributed by atoms with Crippen LogP contribution < -0.4 is 4.74 Å². The summed E-state index contributed by atoms with van der Waals surface area (Å²) in [5.74, 6) is 0.760. The Bertz CT molecular complexity index is 941. The number of aryl methyl sites for hydroxylation is 1. The lowest BCUT2D eigenvalue weighted by Crippen LogP contribution is -2.20. The van der Waals surface area contributed by atoms with Gasteiger partial charge in [0.1, 0.15) is 5.75 Å². The summed E-state index contributed by atoms with van der Waals surface area (Å²) < 4.78 is 6.85. The molecule has 0 aliphatic heterocycles. The molecule has 0 heterocycles. The smallest absolute Gasteiger partial charge is 0.137 e. The van der Waals surface area contributed by atoms with E-state index in [1.807, 2.05) is 13.0 Å². The van der Waals surface area contributed by atoms with E-state index in [-0.39, 0.29) is 0 Å². The van der Waals surface area contributed by atoms with Crippen molar-refractivity contribution in [3.05, 3.63) is 74.3 Å². The molecule has 0 spiro atoms. The van der Waals surface area contributed by atoms with Gasteiger partial charge in [-0.25, -0.2) is 0 Å². The SMILES string of the molecule is CCOc1ccc(C(CCCc2ccc3cc(I)ccc3c2)N(C)C)cc1Cl. The normalized spacial score (nSPS) is 12.5. The van der Waals surface area contributed by atoms with Gasteiger partial charge in [-0.15, -0.1) is 0 Å². The standard InChI is InChI=1S/C24H27ClINO/c1-4-28-24-13-11-20(16-22(24)25)23(27(2)3)7-5-6-17-8-9-19-15-21(26)12-10-18(19)14-17/h8-16,23H,4-7H2,1-3H3. The van der Waals surface area contributed by atoms with Gasteiger partial charge in [-0.1, -0.05) is 41.9 Å².